The molecule has 6 aromatic carbocycles. The molecule has 1 unspecified atom stereocenters. The molecular weight excluding hydrogens is 912 g/mol. The van der Waals surface area contributed by atoms with E-state index in [9.17, 15) is 5.11 Å². The topological polar surface area (TPSA) is 46.0 Å². The molecule has 0 saturated carbocycles. The molecule has 1 N–H and O–H groups in total. The van der Waals surface area contributed by atoms with Gasteiger partial charge in [-0.15, -0.1) is 18.2 Å². The molecular formula is C56H51N2OPt-. The van der Waals surface area contributed by atoms with Crippen molar-refractivity contribution in [1.82, 2.24) is 9.97 Å². The average molecular weight is 963 g/mol. The first-order chi connectivity index (χ1) is 28.3. The van der Waals surface area contributed by atoms with Crippen LogP contribution in [0.5, 0.6) is 5.75 Å². The van der Waals surface area contributed by atoms with E-state index in [4.69, 9.17) is 9.97 Å². The van der Waals surface area contributed by atoms with Gasteiger partial charge in [0, 0.05) is 50.1 Å². The second kappa shape index (κ2) is 17.4. The maximum atomic E-state index is 11.9. The Hall–Kier alpha value is -5.89. The molecule has 60 heavy (non-hydrogen) atoms. The first-order valence-electron chi connectivity index (χ1n) is 20.5. The van der Waals surface area contributed by atoms with Crippen LogP contribution in [0, 0.1) is 6.07 Å². The minimum atomic E-state index is -0.258. The van der Waals surface area contributed by atoms with Crippen LogP contribution in [0.3, 0.4) is 0 Å². The molecule has 1 atom stereocenters. The molecule has 302 valence electrons. The molecule has 0 aliphatic rings. The zero-order chi connectivity index (χ0) is 41.3. The molecule has 0 saturated heterocycles. The van der Waals surface area contributed by atoms with E-state index >= 15 is 0 Å². The van der Waals surface area contributed by atoms with E-state index in [2.05, 4.69) is 194 Å². The molecule has 0 aliphatic heterocycles. The number of benzene rings is 6. The van der Waals surface area contributed by atoms with Crippen molar-refractivity contribution >= 4 is 0 Å². The van der Waals surface area contributed by atoms with Gasteiger partial charge in [-0.05, 0) is 79.1 Å². The maximum absolute atomic E-state index is 11.9. The van der Waals surface area contributed by atoms with Gasteiger partial charge in [-0.3, -0.25) is 9.97 Å². The van der Waals surface area contributed by atoms with Gasteiger partial charge in [-0.2, -0.15) is 0 Å². The van der Waals surface area contributed by atoms with Crippen LogP contribution in [0.2, 0.25) is 0 Å². The SMILES string of the molecule is CC(c1ccccc1)c1ccc(-c2cc(-c3cc(-c4ccccc4)ccn3)[c-]c(-c3cc(-c4ccccc4C(C)(C)C)cc(-c4cccc(C(C)(C)C)c4O)n3)c2)cc1.[Pt]. The van der Waals surface area contributed by atoms with Crippen molar-refractivity contribution in [1.29, 1.82) is 0 Å². The van der Waals surface area contributed by atoms with Crippen LogP contribution < -0.4 is 0 Å². The van der Waals surface area contributed by atoms with Crippen molar-refractivity contribution in [3.63, 3.8) is 0 Å². The first kappa shape index (κ1) is 42.2. The third-order valence-electron chi connectivity index (χ3n) is 11.3. The summed E-state index contributed by atoms with van der Waals surface area (Å²) in [5, 5.41) is 11.9. The summed E-state index contributed by atoms with van der Waals surface area (Å²) in [5.74, 6) is 0.518. The van der Waals surface area contributed by atoms with Crippen LogP contribution in [-0.4, -0.2) is 15.1 Å². The van der Waals surface area contributed by atoms with Crippen molar-refractivity contribution in [2.24, 2.45) is 0 Å². The van der Waals surface area contributed by atoms with Crippen molar-refractivity contribution in [2.75, 3.05) is 0 Å². The van der Waals surface area contributed by atoms with Crippen LogP contribution in [0.4, 0.5) is 0 Å². The van der Waals surface area contributed by atoms with E-state index < -0.39 is 0 Å². The Morgan fingerprint density at radius 2 is 1.00 bits per heavy atom. The van der Waals surface area contributed by atoms with Crippen molar-refractivity contribution < 1.29 is 26.2 Å². The van der Waals surface area contributed by atoms with E-state index in [1.807, 2.05) is 30.5 Å². The summed E-state index contributed by atoms with van der Waals surface area (Å²) in [5.41, 5.74) is 15.5. The molecule has 4 heteroatoms. The summed E-state index contributed by atoms with van der Waals surface area (Å²) in [6, 6.07) is 61.2. The number of hydrogen-bond acceptors (Lipinski definition) is 3. The number of hydrogen-bond donors (Lipinski definition) is 1. The van der Waals surface area contributed by atoms with Crippen molar-refractivity contribution in [3.05, 3.63) is 198 Å². The first-order valence-corrected chi connectivity index (χ1v) is 20.5. The molecule has 2 aromatic heterocycles. The maximum Gasteiger partial charge on any atom is 0.128 e. The molecule has 0 spiro atoms. The summed E-state index contributed by atoms with van der Waals surface area (Å²) in [4.78, 5) is 10.3. The van der Waals surface area contributed by atoms with Crippen molar-refractivity contribution in [3.8, 4) is 72.9 Å². The number of phenols is 1. The molecule has 0 aliphatic carbocycles. The normalized spacial score (nSPS) is 12.1. The molecule has 8 rings (SSSR count). The fourth-order valence-corrected chi connectivity index (χ4v) is 8.01. The number of nitrogens with zero attached hydrogens (tertiary/aromatic N) is 2. The van der Waals surface area contributed by atoms with Gasteiger partial charge in [-0.1, -0.05) is 199 Å². The zero-order valence-corrected chi connectivity index (χ0v) is 37.7. The predicted octanol–water partition coefficient (Wildman–Crippen LogP) is 14.7. The number of para-hydroxylation sites is 1. The number of rotatable bonds is 8. The second-order valence-corrected chi connectivity index (χ2v) is 17.6. The molecule has 8 aromatic rings. The minimum Gasteiger partial charge on any atom is -0.507 e. The van der Waals surface area contributed by atoms with Crippen LogP contribution in [0.25, 0.3) is 67.2 Å². The van der Waals surface area contributed by atoms with E-state index in [-0.39, 0.29) is 43.6 Å². The van der Waals surface area contributed by atoms with Gasteiger partial charge in [0.1, 0.15) is 5.75 Å². The standard InChI is InChI=1S/C56H51N2O.Pt/c1-37(38-17-10-8-11-18-38)39-25-27-41(28-26-39)43-31-45(51-34-42(29-30-57-51)40-19-12-9-13-20-40)33-46(32-43)52-35-44(47-21-14-15-23-49(47)55(2,3)4)36-53(58-52)48-22-16-24-50(54(48)59)56(5,6)7;/h8-32,34-37,59H,1-7H3;/q-1;. The Labute approximate surface area is 370 Å². The summed E-state index contributed by atoms with van der Waals surface area (Å²) >= 11 is 0. The van der Waals surface area contributed by atoms with Gasteiger partial charge in [0.05, 0.1) is 5.69 Å². The number of pyridine rings is 2. The quantitative estimate of drug-likeness (QED) is 0.154. The van der Waals surface area contributed by atoms with E-state index in [0.29, 0.717) is 11.3 Å². The zero-order valence-electron chi connectivity index (χ0n) is 35.4. The van der Waals surface area contributed by atoms with Crippen molar-refractivity contribution in [2.45, 2.75) is 65.2 Å². The fourth-order valence-electron chi connectivity index (χ4n) is 8.01. The Kier molecular flexibility index (Phi) is 12.2. The fraction of sp³-hybridized carbons (Fsp3) is 0.179. The van der Waals surface area contributed by atoms with E-state index in [1.165, 1.54) is 16.7 Å². The molecule has 0 fully saturated rings. The van der Waals surface area contributed by atoms with Crippen LogP contribution in [0.15, 0.2) is 170 Å². The minimum absolute atomic E-state index is 0. The molecule has 0 radical (unpaired) electrons. The van der Waals surface area contributed by atoms with Gasteiger partial charge < -0.3 is 5.11 Å². The van der Waals surface area contributed by atoms with Crippen LogP contribution in [-0.2, 0) is 31.9 Å². The molecule has 3 nitrogen and oxygen atoms in total. The second-order valence-electron chi connectivity index (χ2n) is 17.6. The Morgan fingerprint density at radius 3 is 1.68 bits per heavy atom. The van der Waals surface area contributed by atoms with Gasteiger partial charge in [0.2, 0.25) is 0 Å². The van der Waals surface area contributed by atoms with Gasteiger partial charge in [0.15, 0.2) is 0 Å². The van der Waals surface area contributed by atoms with Crippen LogP contribution in [0.1, 0.15) is 76.6 Å². The van der Waals surface area contributed by atoms with Crippen LogP contribution >= 0.6 is 0 Å². The molecule has 2 heterocycles. The molecule has 0 amide bonds. The number of aromatic nitrogens is 2. The van der Waals surface area contributed by atoms with Gasteiger partial charge in [-0.25, -0.2) is 0 Å². The third-order valence-corrected chi connectivity index (χ3v) is 11.3. The average Bonchev–Trinajstić information content (AvgIpc) is 3.26. The Balaban J connectivity index is 0.00000544. The van der Waals surface area contributed by atoms with E-state index in [1.54, 1.807) is 0 Å². The van der Waals surface area contributed by atoms with Gasteiger partial charge >= 0.3 is 0 Å². The summed E-state index contributed by atoms with van der Waals surface area (Å²) in [6.07, 6.45) is 1.88. The number of aromatic hydroxyl groups is 1. The smallest absolute Gasteiger partial charge is 0.128 e. The Bertz CT molecular complexity index is 2740. The Morgan fingerprint density at radius 1 is 0.467 bits per heavy atom. The summed E-state index contributed by atoms with van der Waals surface area (Å²) in [7, 11) is 0. The van der Waals surface area contributed by atoms with Gasteiger partial charge in [0.25, 0.3) is 0 Å². The number of phenolic OH excluding ortho intramolecular Hbond substituents is 1. The predicted molar refractivity (Wildman–Crippen MR) is 247 cm³/mol. The molecule has 0 bridgehead atoms. The monoisotopic (exact) mass is 962 g/mol. The summed E-state index contributed by atoms with van der Waals surface area (Å²) < 4.78 is 0. The van der Waals surface area contributed by atoms with E-state index in [0.717, 1.165) is 61.5 Å². The largest absolute Gasteiger partial charge is 0.507 e. The third kappa shape index (κ3) is 8.98. The summed E-state index contributed by atoms with van der Waals surface area (Å²) in [6.45, 7) is 15.4.